The summed E-state index contributed by atoms with van der Waals surface area (Å²) in [4.78, 5) is 31.0. The predicted octanol–water partition coefficient (Wildman–Crippen LogP) is 3.98. The lowest BCUT2D eigenvalue weighted by atomic mass is 9.80. The number of para-hydroxylation sites is 1. The second-order valence-electron chi connectivity index (χ2n) is 10.5. The Morgan fingerprint density at radius 1 is 1.07 bits per heavy atom. The molecule has 5 rings (SSSR count). The average molecular weight is 614 g/mol. The van der Waals surface area contributed by atoms with Crippen LogP contribution in [0.5, 0.6) is 17.2 Å². The minimum atomic E-state index is -4.58. The number of nitrogens with zero attached hydrogens (tertiary/aromatic N) is 3. The Hall–Kier alpha value is -3.80. The van der Waals surface area contributed by atoms with Gasteiger partial charge in [0.15, 0.2) is 5.54 Å². The molecule has 1 unspecified atom stereocenters. The van der Waals surface area contributed by atoms with Crippen molar-refractivity contribution in [2.75, 3.05) is 39.2 Å². The number of methoxy groups -OCH3 is 2. The molecule has 12 heteroatoms. The zero-order chi connectivity index (χ0) is 30.4. The van der Waals surface area contributed by atoms with Gasteiger partial charge in [0.1, 0.15) is 22.1 Å². The van der Waals surface area contributed by atoms with Crippen molar-refractivity contribution in [1.29, 1.82) is 0 Å². The summed E-state index contributed by atoms with van der Waals surface area (Å²) in [7, 11) is 1.51. The number of carbonyl (C=O) groups excluding carboxylic acids is 2. The molecule has 2 aliphatic heterocycles. The molecule has 2 amide bonds. The van der Waals surface area contributed by atoms with Crippen molar-refractivity contribution in [2.45, 2.75) is 35.7 Å². The molecule has 2 heterocycles. The Morgan fingerprint density at radius 3 is 2.48 bits per heavy atom. The second kappa shape index (κ2) is 11.1. The van der Waals surface area contributed by atoms with Gasteiger partial charge in [0.2, 0.25) is 5.91 Å². The average Bonchev–Trinajstić information content (AvgIpc) is 3.52. The van der Waals surface area contributed by atoms with Crippen molar-refractivity contribution in [1.82, 2.24) is 9.80 Å². The van der Waals surface area contributed by atoms with Gasteiger partial charge in [-0.1, -0.05) is 29.8 Å². The fourth-order valence-corrected chi connectivity index (χ4v) is 7.79. The molecule has 1 saturated heterocycles. The third-order valence-corrected chi connectivity index (χ3v) is 9.93. The van der Waals surface area contributed by atoms with Crippen LogP contribution < -0.4 is 13.8 Å². The molecule has 222 valence electrons. The number of ether oxygens (including phenoxy) is 2. The number of fused-ring (bicyclic) bond motifs is 1. The molecule has 0 radical (unpaired) electrons. The van der Waals surface area contributed by atoms with E-state index in [0.717, 1.165) is 4.31 Å². The van der Waals surface area contributed by atoms with Crippen LogP contribution in [0.3, 0.4) is 0 Å². The summed E-state index contributed by atoms with van der Waals surface area (Å²) in [6.45, 7) is 0.372. The number of carbonyl (C=O) groups is 2. The number of amides is 2. The van der Waals surface area contributed by atoms with E-state index in [4.69, 9.17) is 21.1 Å². The highest BCUT2D eigenvalue weighted by molar-refractivity contribution is 7.93. The minimum absolute atomic E-state index is 0.00616. The lowest BCUT2D eigenvalue weighted by Gasteiger charge is -2.42. The second-order valence-corrected chi connectivity index (χ2v) is 12.7. The lowest BCUT2D eigenvalue weighted by molar-refractivity contribution is -0.133. The fraction of sp³-hybridized carbons (Fsp3) is 0.333. The van der Waals surface area contributed by atoms with E-state index in [-0.39, 0.29) is 45.0 Å². The number of halogens is 1. The number of aromatic hydroxyl groups is 1. The highest BCUT2D eigenvalue weighted by atomic mass is 35.5. The highest BCUT2D eigenvalue weighted by Crippen LogP contribution is 2.55. The number of anilines is 1. The van der Waals surface area contributed by atoms with Gasteiger partial charge < -0.3 is 19.5 Å². The summed E-state index contributed by atoms with van der Waals surface area (Å²) in [5.41, 5.74) is -1.22. The topological polar surface area (TPSA) is 117 Å². The van der Waals surface area contributed by atoms with E-state index in [1.807, 2.05) is 4.90 Å². The zero-order valence-electron chi connectivity index (χ0n) is 23.7. The summed E-state index contributed by atoms with van der Waals surface area (Å²) in [5.74, 6) is -0.775. The Bertz CT molecular complexity index is 1660. The van der Waals surface area contributed by atoms with Crippen LogP contribution in [0.15, 0.2) is 65.6 Å². The molecule has 0 saturated carbocycles. The predicted molar refractivity (Wildman–Crippen MR) is 158 cm³/mol. The van der Waals surface area contributed by atoms with Gasteiger partial charge >= 0.3 is 0 Å². The van der Waals surface area contributed by atoms with Crippen LogP contribution in [0.1, 0.15) is 30.4 Å². The zero-order valence-corrected chi connectivity index (χ0v) is 25.3. The van der Waals surface area contributed by atoms with Crippen LogP contribution in [0.2, 0.25) is 5.02 Å². The van der Waals surface area contributed by atoms with Crippen molar-refractivity contribution in [3.05, 3.63) is 76.8 Å². The first-order chi connectivity index (χ1) is 20.0. The van der Waals surface area contributed by atoms with Crippen LogP contribution in [0.4, 0.5) is 5.69 Å². The van der Waals surface area contributed by atoms with Crippen LogP contribution in [-0.4, -0.2) is 76.0 Å². The van der Waals surface area contributed by atoms with Gasteiger partial charge in [-0.2, -0.15) is 0 Å². The van der Waals surface area contributed by atoms with E-state index in [2.05, 4.69) is 0 Å². The summed E-state index contributed by atoms with van der Waals surface area (Å²) in [5, 5.41) is 11.5. The largest absolute Gasteiger partial charge is 0.508 e. The SMILES string of the molecule is COc1ccc(S(=O)(=O)N2C(=O)C(c3ccccc3O)(N3CCC[C@H]3CC(=O)N(C)C)c3cc(Cl)ccc32)c(OC)c1. The van der Waals surface area contributed by atoms with Gasteiger partial charge in [-0.05, 0) is 49.2 Å². The van der Waals surface area contributed by atoms with Crippen LogP contribution in [0.25, 0.3) is 0 Å². The minimum Gasteiger partial charge on any atom is -0.508 e. The van der Waals surface area contributed by atoms with Gasteiger partial charge in [-0.3, -0.25) is 14.5 Å². The Morgan fingerprint density at radius 2 is 1.81 bits per heavy atom. The Labute approximate surface area is 250 Å². The Balaban J connectivity index is 1.80. The molecular weight excluding hydrogens is 582 g/mol. The quantitative estimate of drug-likeness (QED) is 0.406. The maximum Gasteiger partial charge on any atom is 0.274 e. The van der Waals surface area contributed by atoms with Crippen molar-refractivity contribution < 1.29 is 32.6 Å². The number of rotatable bonds is 8. The van der Waals surface area contributed by atoms with E-state index >= 15 is 4.79 Å². The number of hydrogen-bond donors (Lipinski definition) is 1. The van der Waals surface area contributed by atoms with Crippen molar-refractivity contribution in [2.24, 2.45) is 0 Å². The van der Waals surface area contributed by atoms with Gasteiger partial charge in [0.05, 0.1) is 19.9 Å². The number of likely N-dealkylation sites (tertiary alicyclic amines) is 1. The molecule has 0 aliphatic carbocycles. The van der Waals surface area contributed by atoms with E-state index < -0.39 is 27.5 Å². The standard InChI is InChI=1S/C30H32ClN3O7S/c1-32(2)28(36)17-20-8-7-15-33(20)30(22-9-5-6-10-25(22)35)23-16-19(31)11-13-24(23)34(29(30)37)42(38,39)27-14-12-21(40-3)18-26(27)41-4/h5-6,9-14,16,18,20,35H,7-8,15,17H2,1-4H3/t20-,30?/m0/s1. The molecular formula is C30H32ClN3O7S. The first kappa shape index (κ1) is 29.7. The third-order valence-electron chi connectivity index (χ3n) is 7.96. The number of benzene rings is 3. The molecule has 2 atom stereocenters. The maximum absolute atomic E-state index is 15.0. The lowest BCUT2D eigenvalue weighted by Crippen LogP contribution is -2.57. The van der Waals surface area contributed by atoms with Crippen molar-refractivity contribution in [3.63, 3.8) is 0 Å². The normalized spacial score (nSPS) is 20.5. The maximum atomic E-state index is 15.0. The van der Waals surface area contributed by atoms with Crippen molar-refractivity contribution in [3.8, 4) is 17.2 Å². The molecule has 1 N–H and O–H groups in total. The molecule has 0 aromatic heterocycles. The molecule has 42 heavy (non-hydrogen) atoms. The molecule has 1 fully saturated rings. The summed E-state index contributed by atoms with van der Waals surface area (Å²) in [6.07, 6.45) is 1.35. The molecule has 0 bridgehead atoms. The Kier molecular flexibility index (Phi) is 7.86. The van der Waals surface area contributed by atoms with Gasteiger partial charge in [0.25, 0.3) is 15.9 Å². The monoisotopic (exact) mass is 613 g/mol. The highest BCUT2D eigenvalue weighted by Gasteiger charge is 2.62. The van der Waals surface area contributed by atoms with Crippen LogP contribution in [0, 0.1) is 0 Å². The first-order valence-electron chi connectivity index (χ1n) is 13.4. The van der Waals surface area contributed by atoms with E-state index in [0.29, 0.717) is 30.7 Å². The van der Waals surface area contributed by atoms with E-state index in [1.165, 1.54) is 55.5 Å². The number of sulfonamides is 1. The fourth-order valence-electron chi connectivity index (χ4n) is 6.02. The number of hydrogen-bond acceptors (Lipinski definition) is 8. The van der Waals surface area contributed by atoms with Gasteiger partial charge in [-0.25, -0.2) is 12.7 Å². The molecule has 10 nitrogen and oxygen atoms in total. The first-order valence-corrected chi connectivity index (χ1v) is 15.2. The summed E-state index contributed by atoms with van der Waals surface area (Å²) >= 11 is 6.50. The van der Waals surface area contributed by atoms with Crippen LogP contribution in [-0.2, 0) is 25.2 Å². The smallest absolute Gasteiger partial charge is 0.274 e. The van der Waals surface area contributed by atoms with E-state index in [9.17, 15) is 18.3 Å². The van der Waals surface area contributed by atoms with E-state index in [1.54, 1.807) is 38.4 Å². The van der Waals surface area contributed by atoms with Crippen LogP contribution >= 0.6 is 11.6 Å². The number of phenols is 1. The molecule has 2 aliphatic rings. The summed E-state index contributed by atoms with van der Waals surface area (Å²) < 4.78 is 40.3. The molecule has 0 spiro atoms. The molecule has 3 aromatic rings. The third kappa shape index (κ3) is 4.56. The van der Waals surface area contributed by atoms with Gasteiger partial charge in [0, 0.05) is 55.3 Å². The summed E-state index contributed by atoms with van der Waals surface area (Å²) in [6, 6.07) is 14.7. The van der Waals surface area contributed by atoms with Gasteiger partial charge in [-0.15, -0.1) is 0 Å². The number of phenolic OH excluding ortho intramolecular Hbond substituents is 1. The molecule has 3 aromatic carbocycles. The van der Waals surface area contributed by atoms with Crippen molar-refractivity contribution >= 4 is 39.1 Å².